The first-order valence-electron chi connectivity index (χ1n) is 8.86. The molecule has 0 saturated carbocycles. The number of hydrogen-bond donors (Lipinski definition) is 1. The first kappa shape index (κ1) is 19.4. The van der Waals surface area contributed by atoms with Gasteiger partial charge in [-0.25, -0.2) is 8.42 Å². The van der Waals surface area contributed by atoms with E-state index in [9.17, 15) is 13.2 Å². The molecule has 1 aliphatic heterocycles. The third kappa shape index (κ3) is 3.84. The molecule has 0 unspecified atom stereocenters. The Labute approximate surface area is 160 Å². The molecule has 1 aliphatic rings. The Morgan fingerprint density at radius 3 is 2.44 bits per heavy atom. The van der Waals surface area contributed by atoms with Gasteiger partial charge in [-0.1, -0.05) is 30.3 Å². The Morgan fingerprint density at radius 1 is 1.15 bits per heavy atom. The number of nitrogens with one attached hydrogen (secondary N) is 1. The topological polar surface area (TPSA) is 75.7 Å². The summed E-state index contributed by atoms with van der Waals surface area (Å²) in [5, 5.41) is 2.88. The maximum Gasteiger partial charge on any atom is 0.244 e. The van der Waals surface area contributed by atoms with E-state index in [4.69, 9.17) is 4.74 Å². The zero-order chi connectivity index (χ0) is 19.6. The summed E-state index contributed by atoms with van der Waals surface area (Å²) >= 11 is 0. The molecule has 0 bridgehead atoms. The van der Waals surface area contributed by atoms with Crippen molar-refractivity contribution < 1.29 is 17.9 Å². The molecule has 6 nitrogen and oxygen atoms in total. The van der Waals surface area contributed by atoms with Gasteiger partial charge in [-0.2, -0.15) is 4.31 Å². The van der Waals surface area contributed by atoms with E-state index in [0.29, 0.717) is 17.0 Å². The molecule has 0 aliphatic carbocycles. The van der Waals surface area contributed by atoms with Crippen LogP contribution in [0.2, 0.25) is 0 Å². The van der Waals surface area contributed by atoms with Crippen LogP contribution in [-0.4, -0.2) is 31.8 Å². The largest absolute Gasteiger partial charge is 0.497 e. The third-order valence-electron chi connectivity index (χ3n) is 4.68. The van der Waals surface area contributed by atoms with Gasteiger partial charge in [-0.05, 0) is 43.2 Å². The van der Waals surface area contributed by atoms with Crippen LogP contribution in [0.25, 0.3) is 0 Å². The molecule has 144 valence electrons. The number of benzene rings is 2. The van der Waals surface area contributed by atoms with Crippen molar-refractivity contribution in [2.75, 3.05) is 7.11 Å². The van der Waals surface area contributed by atoms with Gasteiger partial charge in [0.1, 0.15) is 5.75 Å². The lowest BCUT2D eigenvalue weighted by Gasteiger charge is -2.26. The second kappa shape index (κ2) is 7.70. The average Bonchev–Trinajstić information content (AvgIpc) is 2.87. The second-order valence-electron chi connectivity index (χ2n) is 6.81. The molecule has 1 amide bonds. The van der Waals surface area contributed by atoms with Crippen molar-refractivity contribution in [1.82, 2.24) is 9.62 Å². The SMILES string of the molecule is COc1ccc(CNC(=O)C[C@H]2c3ccccc3S(=O)(=O)N2C(C)C)cc1. The van der Waals surface area contributed by atoms with Crippen LogP contribution < -0.4 is 10.1 Å². The van der Waals surface area contributed by atoms with Crippen LogP contribution in [0.15, 0.2) is 53.4 Å². The van der Waals surface area contributed by atoms with Crippen LogP contribution in [0.5, 0.6) is 5.75 Å². The predicted octanol–water partition coefficient (Wildman–Crippen LogP) is 2.86. The molecular formula is C20H24N2O4S. The third-order valence-corrected chi connectivity index (χ3v) is 6.84. The number of methoxy groups -OCH3 is 1. The van der Waals surface area contributed by atoms with Crippen molar-refractivity contribution in [1.29, 1.82) is 0 Å². The maximum atomic E-state index is 12.8. The normalized spacial score (nSPS) is 18.3. The molecule has 1 N–H and O–H groups in total. The van der Waals surface area contributed by atoms with E-state index < -0.39 is 16.1 Å². The molecular weight excluding hydrogens is 364 g/mol. The maximum absolute atomic E-state index is 12.8. The van der Waals surface area contributed by atoms with E-state index in [2.05, 4.69) is 5.32 Å². The van der Waals surface area contributed by atoms with Gasteiger partial charge in [0.2, 0.25) is 15.9 Å². The van der Waals surface area contributed by atoms with Crippen LogP contribution in [0.4, 0.5) is 0 Å². The lowest BCUT2D eigenvalue weighted by Crippen LogP contribution is -2.37. The van der Waals surface area contributed by atoms with Gasteiger partial charge in [0.05, 0.1) is 18.0 Å². The average molecular weight is 388 g/mol. The summed E-state index contributed by atoms with van der Waals surface area (Å²) in [6.07, 6.45) is 0.0879. The first-order valence-corrected chi connectivity index (χ1v) is 10.3. The van der Waals surface area contributed by atoms with Crippen molar-refractivity contribution in [3.8, 4) is 5.75 Å². The number of carbonyl (C=O) groups is 1. The van der Waals surface area contributed by atoms with Crippen LogP contribution >= 0.6 is 0 Å². The minimum Gasteiger partial charge on any atom is -0.497 e. The van der Waals surface area contributed by atoms with Crippen molar-refractivity contribution in [3.63, 3.8) is 0 Å². The van der Waals surface area contributed by atoms with Crippen LogP contribution in [0, 0.1) is 0 Å². The predicted molar refractivity (Wildman–Crippen MR) is 103 cm³/mol. The zero-order valence-corrected chi connectivity index (χ0v) is 16.5. The highest BCUT2D eigenvalue weighted by Crippen LogP contribution is 2.42. The number of amides is 1. The molecule has 0 spiro atoms. The fourth-order valence-corrected chi connectivity index (χ4v) is 5.50. The second-order valence-corrected chi connectivity index (χ2v) is 8.62. The lowest BCUT2D eigenvalue weighted by molar-refractivity contribution is -0.122. The van der Waals surface area contributed by atoms with Crippen molar-refractivity contribution in [3.05, 3.63) is 59.7 Å². The number of ether oxygens (including phenoxy) is 1. The Balaban J connectivity index is 1.73. The quantitative estimate of drug-likeness (QED) is 0.826. The summed E-state index contributed by atoms with van der Waals surface area (Å²) < 4.78 is 32.2. The fourth-order valence-electron chi connectivity index (χ4n) is 3.44. The number of sulfonamides is 1. The molecule has 7 heteroatoms. The number of carbonyl (C=O) groups excluding carboxylic acids is 1. The van der Waals surface area contributed by atoms with Crippen LogP contribution in [0.1, 0.15) is 37.4 Å². The van der Waals surface area contributed by atoms with Gasteiger partial charge >= 0.3 is 0 Å². The molecule has 0 fully saturated rings. The number of hydrogen-bond acceptors (Lipinski definition) is 4. The molecule has 1 atom stereocenters. The highest BCUT2D eigenvalue weighted by molar-refractivity contribution is 7.89. The smallest absolute Gasteiger partial charge is 0.244 e. The Morgan fingerprint density at radius 2 is 1.81 bits per heavy atom. The molecule has 1 heterocycles. The summed E-state index contributed by atoms with van der Waals surface area (Å²) in [5.41, 5.74) is 1.63. The van der Waals surface area contributed by atoms with Gasteiger partial charge in [0, 0.05) is 19.0 Å². The van der Waals surface area contributed by atoms with Gasteiger partial charge < -0.3 is 10.1 Å². The minimum atomic E-state index is -3.58. The molecule has 3 rings (SSSR count). The molecule has 27 heavy (non-hydrogen) atoms. The van der Waals surface area contributed by atoms with E-state index in [1.54, 1.807) is 31.4 Å². The van der Waals surface area contributed by atoms with E-state index in [0.717, 1.165) is 11.3 Å². The molecule has 0 aromatic heterocycles. The summed E-state index contributed by atoms with van der Waals surface area (Å²) in [6, 6.07) is 13.6. The van der Waals surface area contributed by atoms with E-state index in [1.807, 2.05) is 38.1 Å². The van der Waals surface area contributed by atoms with Crippen molar-refractivity contribution in [2.24, 2.45) is 0 Å². The van der Waals surface area contributed by atoms with Gasteiger partial charge in [-0.15, -0.1) is 0 Å². The number of fused-ring (bicyclic) bond motifs is 1. The first-order chi connectivity index (χ1) is 12.8. The highest BCUT2D eigenvalue weighted by atomic mass is 32.2. The van der Waals surface area contributed by atoms with E-state index in [1.165, 1.54) is 4.31 Å². The minimum absolute atomic E-state index is 0.0879. The van der Waals surface area contributed by atoms with Gasteiger partial charge in [-0.3, -0.25) is 4.79 Å². The van der Waals surface area contributed by atoms with Crippen molar-refractivity contribution >= 4 is 15.9 Å². The Hall–Kier alpha value is -2.38. The zero-order valence-electron chi connectivity index (χ0n) is 15.7. The molecule has 0 radical (unpaired) electrons. The van der Waals surface area contributed by atoms with Crippen LogP contribution in [0.3, 0.4) is 0 Å². The van der Waals surface area contributed by atoms with E-state index in [-0.39, 0.29) is 18.4 Å². The van der Waals surface area contributed by atoms with Gasteiger partial charge in [0.15, 0.2) is 0 Å². The lowest BCUT2D eigenvalue weighted by atomic mass is 10.0. The monoisotopic (exact) mass is 388 g/mol. The summed E-state index contributed by atoms with van der Waals surface area (Å²) in [6.45, 7) is 4.03. The summed E-state index contributed by atoms with van der Waals surface area (Å²) in [4.78, 5) is 12.8. The Kier molecular flexibility index (Phi) is 5.53. The van der Waals surface area contributed by atoms with Crippen LogP contribution in [-0.2, 0) is 21.4 Å². The number of nitrogens with zero attached hydrogens (tertiary/aromatic N) is 1. The Bertz CT molecular complexity index is 923. The summed E-state index contributed by atoms with van der Waals surface area (Å²) in [7, 11) is -1.97. The van der Waals surface area contributed by atoms with Crippen molar-refractivity contribution in [2.45, 2.75) is 43.8 Å². The standard InChI is InChI=1S/C20H24N2O4S/c1-14(2)22-18(17-6-4-5-7-19(17)27(22,24)25)12-20(23)21-13-15-8-10-16(26-3)11-9-15/h4-11,14,18H,12-13H2,1-3H3,(H,21,23)/t18-/m0/s1. The highest BCUT2D eigenvalue weighted by Gasteiger charge is 2.44. The summed E-state index contributed by atoms with van der Waals surface area (Å²) in [5.74, 6) is 0.568. The molecule has 2 aromatic rings. The van der Waals surface area contributed by atoms with E-state index >= 15 is 0 Å². The van der Waals surface area contributed by atoms with Gasteiger partial charge in [0.25, 0.3) is 0 Å². The fraction of sp³-hybridized carbons (Fsp3) is 0.350. The number of rotatable bonds is 6. The molecule has 0 saturated heterocycles. The molecule has 2 aromatic carbocycles.